The van der Waals surface area contributed by atoms with E-state index in [1.165, 1.54) is 0 Å². The molecule has 0 saturated carbocycles. The number of ether oxygens (including phenoxy) is 4. The molecule has 0 aliphatic heterocycles. The smallest absolute Gasteiger partial charge is 0.408 e. The van der Waals surface area contributed by atoms with E-state index in [0.717, 1.165) is 11.1 Å². The molecular formula is C32H37N3O6. The first-order valence-corrected chi connectivity index (χ1v) is 13.4. The Bertz CT molecular complexity index is 1270. The number of hydrogen-bond acceptors (Lipinski definition) is 6. The van der Waals surface area contributed by atoms with Crippen molar-refractivity contribution in [1.29, 1.82) is 0 Å². The minimum atomic E-state index is -1.05. The van der Waals surface area contributed by atoms with Gasteiger partial charge in [-0.3, -0.25) is 4.79 Å². The lowest BCUT2D eigenvalue weighted by molar-refractivity contribution is -0.125. The van der Waals surface area contributed by atoms with E-state index in [9.17, 15) is 9.59 Å². The van der Waals surface area contributed by atoms with Gasteiger partial charge in [-0.25, -0.2) is 11.4 Å². The highest BCUT2D eigenvalue weighted by molar-refractivity contribution is 5.86. The number of amides is 2. The van der Waals surface area contributed by atoms with Gasteiger partial charge in [0.15, 0.2) is 11.5 Å². The third kappa shape index (κ3) is 11.6. The summed E-state index contributed by atoms with van der Waals surface area (Å²) < 4.78 is 23.0. The molecule has 2 N–H and O–H groups in total. The quantitative estimate of drug-likeness (QED) is 0.265. The zero-order chi connectivity index (χ0) is 29.5. The van der Waals surface area contributed by atoms with Gasteiger partial charge in [-0.15, -0.1) is 0 Å². The molecule has 0 radical (unpaired) electrons. The van der Waals surface area contributed by atoms with Gasteiger partial charge >= 0.3 is 6.09 Å². The number of alkyl carbamates (subject to hydrolysis) is 1. The fourth-order valence-corrected chi connectivity index (χ4v) is 3.67. The second-order valence-electron chi connectivity index (χ2n) is 10.3. The van der Waals surface area contributed by atoms with E-state index >= 15 is 0 Å². The van der Waals surface area contributed by atoms with Crippen LogP contribution < -0.4 is 20.1 Å². The predicted molar refractivity (Wildman–Crippen MR) is 155 cm³/mol. The van der Waals surface area contributed by atoms with Crippen molar-refractivity contribution < 1.29 is 28.5 Å². The third-order valence-corrected chi connectivity index (χ3v) is 5.59. The van der Waals surface area contributed by atoms with Gasteiger partial charge in [0.1, 0.15) is 30.9 Å². The highest BCUT2D eigenvalue weighted by Crippen LogP contribution is 2.27. The van der Waals surface area contributed by atoms with Crippen LogP contribution in [0.5, 0.6) is 11.5 Å². The molecule has 2 amide bonds. The van der Waals surface area contributed by atoms with Gasteiger partial charge in [-0.1, -0.05) is 72.8 Å². The van der Waals surface area contributed by atoms with Crippen LogP contribution in [0.25, 0.3) is 4.85 Å². The van der Waals surface area contributed by atoms with Crippen LogP contribution in [0, 0.1) is 6.57 Å². The molecule has 0 aliphatic carbocycles. The Kier molecular flexibility index (Phi) is 12.0. The molecule has 0 saturated heterocycles. The topological polar surface area (TPSA) is 99.5 Å². The summed E-state index contributed by atoms with van der Waals surface area (Å²) in [6.45, 7) is 13.1. The molecule has 0 heterocycles. The molecule has 0 fully saturated rings. The molecule has 3 aromatic carbocycles. The summed E-state index contributed by atoms with van der Waals surface area (Å²) in [5, 5.41) is 5.40. The lowest BCUT2D eigenvalue weighted by Crippen LogP contribution is -2.54. The highest BCUT2D eigenvalue weighted by Gasteiger charge is 2.27. The molecule has 3 aromatic rings. The maximum Gasteiger partial charge on any atom is 0.408 e. The number of nitrogens with zero attached hydrogens (tertiary/aromatic N) is 1. The predicted octanol–water partition coefficient (Wildman–Crippen LogP) is 5.16. The van der Waals surface area contributed by atoms with Crippen LogP contribution in [-0.4, -0.2) is 49.4 Å². The lowest BCUT2D eigenvalue weighted by Gasteiger charge is -2.24. The Labute approximate surface area is 241 Å². The van der Waals surface area contributed by atoms with E-state index < -0.39 is 29.7 Å². The van der Waals surface area contributed by atoms with Gasteiger partial charge in [0.2, 0.25) is 12.5 Å². The van der Waals surface area contributed by atoms with Crippen LogP contribution in [0.15, 0.2) is 84.9 Å². The van der Waals surface area contributed by atoms with Crippen molar-refractivity contribution in [2.75, 3.05) is 19.8 Å². The van der Waals surface area contributed by atoms with Crippen molar-refractivity contribution in [2.24, 2.45) is 0 Å². The Balaban J connectivity index is 1.62. The molecule has 0 bridgehead atoms. The van der Waals surface area contributed by atoms with Gasteiger partial charge in [0.25, 0.3) is 0 Å². The summed E-state index contributed by atoms with van der Waals surface area (Å²) in [7, 11) is 0. The highest BCUT2D eigenvalue weighted by atomic mass is 16.6. The van der Waals surface area contributed by atoms with Crippen molar-refractivity contribution in [3.8, 4) is 11.5 Å². The number of nitrogens with one attached hydrogen (secondary N) is 2. The van der Waals surface area contributed by atoms with E-state index in [1.807, 2.05) is 72.8 Å². The number of rotatable bonds is 14. The molecule has 41 heavy (non-hydrogen) atoms. The van der Waals surface area contributed by atoms with Crippen molar-refractivity contribution in [2.45, 2.75) is 51.7 Å². The van der Waals surface area contributed by atoms with Gasteiger partial charge in [0.05, 0.1) is 13.2 Å². The largest absolute Gasteiger partial charge is 0.487 e. The van der Waals surface area contributed by atoms with Crippen LogP contribution in [0.1, 0.15) is 31.9 Å². The molecule has 9 nitrogen and oxygen atoms in total. The van der Waals surface area contributed by atoms with Crippen LogP contribution >= 0.6 is 0 Å². The summed E-state index contributed by atoms with van der Waals surface area (Å²) in [6.07, 6.45) is -0.747. The first-order valence-electron chi connectivity index (χ1n) is 13.4. The Hall–Kier alpha value is -4.55. The second-order valence-corrected chi connectivity index (χ2v) is 10.3. The molecule has 0 unspecified atom stereocenters. The van der Waals surface area contributed by atoms with Gasteiger partial charge in [0, 0.05) is 0 Å². The van der Waals surface area contributed by atoms with Crippen molar-refractivity contribution in [3.05, 3.63) is 107 Å². The van der Waals surface area contributed by atoms with E-state index in [0.29, 0.717) is 18.1 Å². The van der Waals surface area contributed by atoms with E-state index in [2.05, 4.69) is 15.5 Å². The number of carbonyl (C=O) groups is 2. The second kappa shape index (κ2) is 15.9. The van der Waals surface area contributed by atoms with E-state index in [1.54, 1.807) is 32.9 Å². The van der Waals surface area contributed by atoms with Crippen molar-refractivity contribution in [1.82, 2.24) is 10.6 Å². The molecule has 216 valence electrons. The van der Waals surface area contributed by atoms with Crippen molar-refractivity contribution >= 4 is 12.0 Å². The first-order chi connectivity index (χ1) is 19.7. The molecule has 0 aliphatic rings. The average Bonchev–Trinajstić information content (AvgIpc) is 2.95. The number of carbonyl (C=O) groups excluding carboxylic acids is 2. The number of benzene rings is 3. The van der Waals surface area contributed by atoms with Crippen LogP contribution in [0.3, 0.4) is 0 Å². The van der Waals surface area contributed by atoms with Gasteiger partial charge < -0.3 is 34.4 Å². The molecule has 3 rings (SSSR count). The summed E-state index contributed by atoms with van der Waals surface area (Å²) in [5.74, 6) is 0.514. The SMILES string of the molecule is [C-]#[N+]C[C@H](COc1ccccc1OCc1ccccc1)NC(=O)[C@@H](COCc1ccccc1)NC(=O)OC(C)(C)C. The van der Waals surface area contributed by atoms with Gasteiger partial charge in [-0.05, 0) is 44.0 Å². The minimum Gasteiger partial charge on any atom is -0.487 e. The summed E-state index contributed by atoms with van der Waals surface area (Å²) >= 11 is 0. The fraction of sp³-hybridized carbons (Fsp3) is 0.344. The maximum atomic E-state index is 13.3. The zero-order valence-electron chi connectivity index (χ0n) is 23.7. The van der Waals surface area contributed by atoms with E-state index in [4.69, 9.17) is 25.5 Å². The first kappa shape index (κ1) is 31.0. The molecule has 9 heteroatoms. The standard InChI is InChI=1S/C32H37N3O6/c1-32(2,3)41-31(37)35-27(23-38-20-24-13-7-5-8-14-24)30(36)34-26(19-33-4)22-40-29-18-12-11-17-28(29)39-21-25-15-9-6-10-16-25/h5-18,26-27H,19-23H2,1-3H3,(H,34,36)(H,35,37)/t26-,27-/m1/s1. The normalized spacial score (nSPS) is 12.3. The summed E-state index contributed by atoms with van der Waals surface area (Å²) in [6, 6.07) is 24.8. The van der Waals surface area contributed by atoms with Crippen LogP contribution in [-0.2, 0) is 27.5 Å². The number of hydrogen-bond donors (Lipinski definition) is 2. The number of para-hydroxylation sites is 2. The Morgan fingerprint density at radius 3 is 1.93 bits per heavy atom. The van der Waals surface area contributed by atoms with Crippen molar-refractivity contribution in [3.63, 3.8) is 0 Å². The Morgan fingerprint density at radius 2 is 1.34 bits per heavy atom. The Morgan fingerprint density at radius 1 is 0.780 bits per heavy atom. The zero-order valence-corrected chi connectivity index (χ0v) is 23.7. The van der Waals surface area contributed by atoms with Crippen LogP contribution in [0.4, 0.5) is 4.79 Å². The summed E-state index contributed by atoms with van der Waals surface area (Å²) in [5.41, 5.74) is 1.20. The molecule has 0 spiro atoms. The minimum absolute atomic E-state index is 0.0177. The molecule has 2 atom stereocenters. The lowest BCUT2D eigenvalue weighted by atomic mass is 10.2. The third-order valence-electron chi connectivity index (χ3n) is 5.59. The monoisotopic (exact) mass is 559 g/mol. The molecule has 0 aromatic heterocycles. The van der Waals surface area contributed by atoms with E-state index in [-0.39, 0.29) is 26.4 Å². The fourth-order valence-electron chi connectivity index (χ4n) is 3.67. The van der Waals surface area contributed by atoms with Crippen LogP contribution in [0.2, 0.25) is 0 Å². The van der Waals surface area contributed by atoms with Gasteiger partial charge in [-0.2, -0.15) is 0 Å². The maximum absolute atomic E-state index is 13.3. The molecular weight excluding hydrogens is 522 g/mol. The summed E-state index contributed by atoms with van der Waals surface area (Å²) in [4.78, 5) is 29.2. The average molecular weight is 560 g/mol.